The van der Waals surface area contributed by atoms with Crippen LogP contribution >= 0.6 is 15.9 Å². The summed E-state index contributed by atoms with van der Waals surface area (Å²) >= 11 is 3.37. The second-order valence-electron chi connectivity index (χ2n) is 5.00. The van der Waals surface area contributed by atoms with Crippen molar-refractivity contribution in [1.29, 1.82) is 0 Å². The molecule has 0 saturated carbocycles. The Labute approximate surface area is 126 Å². The van der Waals surface area contributed by atoms with Crippen molar-refractivity contribution < 1.29 is 4.79 Å². The van der Waals surface area contributed by atoms with Crippen LogP contribution in [0, 0.1) is 0 Å². The number of amides is 1. The summed E-state index contributed by atoms with van der Waals surface area (Å²) < 4.78 is 0.851. The number of hydrogen-bond donors (Lipinski definition) is 2. The molecular formula is C16H15BrN2O. The van der Waals surface area contributed by atoms with Crippen LogP contribution in [0.3, 0.4) is 0 Å². The Bertz CT molecular complexity index is 669. The van der Waals surface area contributed by atoms with Crippen molar-refractivity contribution in [2.45, 2.75) is 18.9 Å². The number of aryl methyl sites for hydroxylation is 1. The van der Waals surface area contributed by atoms with Gasteiger partial charge < -0.3 is 11.1 Å². The molecule has 0 aliphatic heterocycles. The van der Waals surface area contributed by atoms with Gasteiger partial charge in [0.15, 0.2) is 0 Å². The van der Waals surface area contributed by atoms with Gasteiger partial charge in [-0.1, -0.05) is 40.2 Å². The first-order valence-corrected chi connectivity index (χ1v) is 7.38. The van der Waals surface area contributed by atoms with Crippen molar-refractivity contribution in [3.8, 4) is 0 Å². The average Bonchev–Trinajstić information content (AvgIpc) is 2.85. The number of nitrogens with one attached hydrogen (secondary N) is 1. The van der Waals surface area contributed by atoms with Gasteiger partial charge >= 0.3 is 0 Å². The Morgan fingerprint density at radius 3 is 2.90 bits per heavy atom. The van der Waals surface area contributed by atoms with Crippen LogP contribution in [0.15, 0.2) is 46.9 Å². The largest absolute Gasteiger partial charge is 0.398 e. The minimum absolute atomic E-state index is 0.0806. The Morgan fingerprint density at radius 2 is 2.05 bits per heavy atom. The Balaban J connectivity index is 1.82. The van der Waals surface area contributed by atoms with E-state index in [-0.39, 0.29) is 11.9 Å². The normalized spacial score (nSPS) is 16.8. The quantitative estimate of drug-likeness (QED) is 0.828. The summed E-state index contributed by atoms with van der Waals surface area (Å²) in [6.45, 7) is 0. The van der Waals surface area contributed by atoms with Crippen LogP contribution in [-0.2, 0) is 6.42 Å². The number of hydrogen-bond acceptors (Lipinski definition) is 2. The molecule has 0 fully saturated rings. The lowest BCUT2D eigenvalue weighted by Crippen LogP contribution is -2.27. The molecule has 2 aromatic carbocycles. The highest BCUT2D eigenvalue weighted by Gasteiger charge is 2.24. The van der Waals surface area contributed by atoms with Crippen molar-refractivity contribution in [3.05, 3.63) is 63.6 Å². The van der Waals surface area contributed by atoms with Crippen LogP contribution in [0.1, 0.15) is 33.9 Å². The van der Waals surface area contributed by atoms with Crippen LogP contribution in [0.5, 0.6) is 0 Å². The molecule has 0 spiro atoms. The van der Waals surface area contributed by atoms with Crippen molar-refractivity contribution in [2.75, 3.05) is 5.73 Å². The number of anilines is 1. The molecule has 4 heteroatoms. The van der Waals surface area contributed by atoms with Gasteiger partial charge in [0, 0.05) is 10.2 Å². The fourth-order valence-electron chi connectivity index (χ4n) is 2.67. The van der Waals surface area contributed by atoms with Crippen LogP contribution in [0.2, 0.25) is 0 Å². The minimum Gasteiger partial charge on any atom is -0.398 e. The molecule has 1 aliphatic carbocycles. The number of benzene rings is 2. The highest BCUT2D eigenvalue weighted by Crippen LogP contribution is 2.31. The molecule has 3 nitrogen and oxygen atoms in total. The molecule has 3 rings (SSSR count). The summed E-state index contributed by atoms with van der Waals surface area (Å²) in [5.41, 5.74) is 9.43. The zero-order chi connectivity index (χ0) is 14.1. The van der Waals surface area contributed by atoms with E-state index < -0.39 is 0 Å². The molecular weight excluding hydrogens is 316 g/mol. The van der Waals surface area contributed by atoms with E-state index in [1.165, 1.54) is 11.1 Å². The molecule has 1 atom stereocenters. The summed E-state index contributed by atoms with van der Waals surface area (Å²) in [5.74, 6) is -0.120. The molecule has 0 radical (unpaired) electrons. The third-order valence-corrected chi connectivity index (χ3v) is 4.19. The summed E-state index contributed by atoms with van der Waals surface area (Å²) in [6.07, 6.45) is 1.95. The van der Waals surface area contributed by atoms with Gasteiger partial charge in [0.2, 0.25) is 0 Å². The van der Waals surface area contributed by atoms with Crippen LogP contribution in [-0.4, -0.2) is 5.91 Å². The third kappa shape index (κ3) is 2.43. The van der Waals surface area contributed by atoms with E-state index in [0.29, 0.717) is 11.3 Å². The van der Waals surface area contributed by atoms with E-state index in [0.717, 1.165) is 17.3 Å². The number of halogens is 1. The highest BCUT2D eigenvalue weighted by molar-refractivity contribution is 9.10. The zero-order valence-electron chi connectivity index (χ0n) is 10.9. The van der Waals surface area contributed by atoms with Crippen molar-refractivity contribution in [1.82, 2.24) is 5.32 Å². The maximum absolute atomic E-state index is 12.4. The lowest BCUT2D eigenvalue weighted by molar-refractivity contribution is 0.0937. The van der Waals surface area contributed by atoms with E-state index in [4.69, 9.17) is 5.73 Å². The predicted octanol–water partition coefficient (Wildman–Crippen LogP) is 3.45. The highest BCUT2D eigenvalue weighted by atomic mass is 79.9. The van der Waals surface area contributed by atoms with Crippen LogP contribution in [0.4, 0.5) is 5.69 Å². The smallest absolute Gasteiger partial charge is 0.253 e. The fourth-order valence-corrected chi connectivity index (χ4v) is 3.03. The van der Waals surface area contributed by atoms with Gasteiger partial charge in [-0.05, 0) is 42.2 Å². The summed E-state index contributed by atoms with van der Waals surface area (Å²) in [6, 6.07) is 13.7. The Hall–Kier alpha value is -1.81. The molecule has 0 heterocycles. The van der Waals surface area contributed by atoms with Gasteiger partial charge in [-0.2, -0.15) is 0 Å². The van der Waals surface area contributed by atoms with Crippen LogP contribution in [0.25, 0.3) is 0 Å². The molecule has 1 aliphatic rings. The maximum atomic E-state index is 12.4. The van der Waals surface area contributed by atoms with Crippen molar-refractivity contribution >= 4 is 27.5 Å². The second-order valence-corrected chi connectivity index (χ2v) is 5.91. The first-order chi connectivity index (χ1) is 9.65. The number of fused-ring (bicyclic) bond motifs is 1. The number of carbonyl (C=O) groups excluding carboxylic acids is 1. The van der Waals surface area contributed by atoms with E-state index in [1.54, 1.807) is 12.1 Å². The van der Waals surface area contributed by atoms with E-state index in [9.17, 15) is 4.79 Å². The number of nitrogen functional groups attached to an aromatic ring is 1. The summed E-state index contributed by atoms with van der Waals surface area (Å²) in [7, 11) is 0. The Morgan fingerprint density at radius 1 is 1.25 bits per heavy atom. The number of rotatable bonds is 2. The molecule has 0 aromatic heterocycles. The average molecular weight is 331 g/mol. The first kappa shape index (κ1) is 13.2. The van der Waals surface area contributed by atoms with Crippen molar-refractivity contribution in [2.24, 2.45) is 0 Å². The molecule has 102 valence electrons. The molecule has 20 heavy (non-hydrogen) atoms. The van der Waals surface area contributed by atoms with Gasteiger partial charge in [-0.25, -0.2) is 0 Å². The molecule has 1 unspecified atom stereocenters. The van der Waals surface area contributed by atoms with E-state index in [2.05, 4.69) is 33.4 Å². The van der Waals surface area contributed by atoms with E-state index >= 15 is 0 Å². The van der Waals surface area contributed by atoms with Gasteiger partial charge in [-0.15, -0.1) is 0 Å². The molecule has 0 bridgehead atoms. The SMILES string of the molecule is Nc1ccc(Br)cc1C(=O)NC1CCc2ccccc21. The second kappa shape index (κ2) is 5.29. The van der Waals surface area contributed by atoms with Gasteiger partial charge in [-0.3, -0.25) is 4.79 Å². The third-order valence-electron chi connectivity index (χ3n) is 3.70. The predicted molar refractivity (Wildman–Crippen MR) is 83.5 cm³/mol. The minimum atomic E-state index is -0.120. The maximum Gasteiger partial charge on any atom is 0.253 e. The van der Waals surface area contributed by atoms with Gasteiger partial charge in [0.1, 0.15) is 0 Å². The summed E-state index contributed by atoms with van der Waals surface area (Å²) in [4.78, 5) is 12.4. The molecule has 0 saturated heterocycles. The van der Waals surface area contributed by atoms with E-state index in [1.807, 2.05) is 18.2 Å². The van der Waals surface area contributed by atoms with Crippen molar-refractivity contribution in [3.63, 3.8) is 0 Å². The Kier molecular flexibility index (Phi) is 3.49. The zero-order valence-corrected chi connectivity index (χ0v) is 12.5. The topological polar surface area (TPSA) is 55.1 Å². The molecule has 1 amide bonds. The molecule has 3 N–H and O–H groups in total. The molecule has 2 aromatic rings. The lowest BCUT2D eigenvalue weighted by atomic mass is 10.1. The standard InChI is InChI=1S/C16H15BrN2O/c17-11-6-7-14(18)13(9-11)16(20)19-15-8-5-10-3-1-2-4-12(10)15/h1-4,6-7,9,15H,5,8,18H2,(H,19,20). The lowest BCUT2D eigenvalue weighted by Gasteiger charge is -2.15. The fraction of sp³-hybridized carbons (Fsp3) is 0.188. The van der Waals surface area contributed by atoms with Crippen LogP contribution < -0.4 is 11.1 Å². The van der Waals surface area contributed by atoms with Gasteiger partial charge in [0.05, 0.1) is 11.6 Å². The van der Waals surface area contributed by atoms with Gasteiger partial charge in [0.25, 0.3) is 5.91 Å². The monoisotopic (exact) mass is 330 g/mol. The summed E-state index contributed by atoms with van der Waals surface area (Å²) in [5, 5.41) is 3.08. The number of carbonyl (C=O) groups is 1. The first-order valence-electron chi connectivity index (χ1n) is 6.59. The number of nitrogens with two attached hydrogens (primary N) is 1.